The fraction of sp³-hybridized carbons (Fsp3) is 0.120. The predicted octanol–water partition coefficient (Wildman–Crippen LogP) is 6.54. The molecule has 0 atom stereocenters. The SMILES string of the molecule is Cc1cccc(NC(=O)CSc2nc(-c3ccccc3)cn2-c2ccc(Cl)cc2)c1C. The molecule has 4 rings (SSSR count). The van der Waals surface area contributed by atoms with Crippen molar-refractivity contribution in [3.8, 4) is 16.9 Å². The van der Waals surface area contributed by atoms with Crippen molar-refractivity contribution in [2.75, 3.05) is 11.1 Å². The highest BCUT2D eigenvalue weighted by molar-refractivity contribution is 7.99. The van der Waals surface area contributed by atoms with Crippen molar-refractivity contribution in [3.05, 3.63) is 95.1 Å². The molecular weight excluding hydrogens is 426 g/mol. The number of anilines is 1. The summed E-state index contributed by atoms with van der Waals surface area (Å²) in [5, 5.41) is 4.43. The number of carbonyl (C=O) groups is 1. The average molecular weight is 448 g/mol. The first kappa shape index (κ1) is 21.2. The van der Waals surface area contributed by atoms with Crippen LogP contribution in [0.3, 0.4) is 0 Å². The number of aromatic nitrogens is 2. The number of amides is 1. The normalized spacial score (nSPS) is 10.8. The van der Waals surface area contributed by atoms with Gasteiger partial charge < -0.3 is 5.32 Å². The average Bonchev–Trinajstić information content (AvgIpc) is 3.21. The molecule has 0 bridgehead atoms. The lowest BCUT2D eigenvalue weighted by Gasteiger charge is -2.11. The van der Waals surface area contributed by atoms with Crippen LogP contribution in [0, 0.1) is 13.8 Å². The largest absolute Gasteiger partial charge is 0.325 e. The van der Waals surface area contributed by atoms with E-state index >= 15 is 0 Å². The number of thioether (sulfide) groups is 1. The maximum atomic E-state index is 12.6. The van der Waals surface area contributed by atoms with Crippen LogP contribution < -0.4 is 5.32 Å². The summed E-state index contributed by atoms with van der Waals surface area (Å²) in [4.78, 5) is 17.4. The van der Waals surface area contributed by atoms with Gasteiger partial charge >= 0.3 is 0 Å². The van der Waals surface area contributed by atoms with Gasteiger partial charge in [-0.15, -0.1) is 0 Å². The molecule has 1 N–H and O–H groups in total. The third-order valence-electron chi connectivity index (χ3n) is 5.06. The molecule has 4 nitrogen and oxygen atoms in total. The van der Waals surface area contributed by atoms with Gasteiger partial charge in [-0.3, -0.25) is 9.36 Å². The molecule has 0 unspecified atom stereocenters. The fourth-order valence-corrected chi connectivity index (χ4v) is 4.12. The molecular formula is C25H22ClN3OS. The van der Waals surface area contributed by atoms with Crippen molar-refractivity contribution in [1.82, 2.24) is 9.55 Å². The summed E-state index contributed by atoms with van der Waals surface area (Å²) in [6.45, 7) is 4.05. The Hall–Kier alpha value is -3.02. The minimum atomic E-state index is -0.0642. The highest BCUT2D eigenvalue weighted by Crippen LogP contribution is 2.28. The summed E-state index contributed by atoms with van der Waals surface area (Å²) >= 11 is 7.47. The summed E-state index contributed by atoms with van der Waals surface area (Å²) in [5.74, 6) is 0.192. The lowest BCUT2D eigenvalue weighted by Crippen LogP contribution is -2.15. The molecule has 0 aliphatic heterocycles. The summed E-state index contributed by atoms with van der Waals surface area (Å²) in [6, 6.07) is 23.5. The lowest BCUT2D eigenvalue weighted by molar-refractivity contribution is -0.113. The van der Waals surface area contributed by atoms with Gasteiger partial charge in [-0.25, -0.2) is 4.98 Å². The van der Waals surface area contributed by atoms with Gasteiger partial charge in [0.25, 0.3) is 0 Å². The topological polar surface area (TPSA) is 46.9 Å². The van der Waals surface area contributed by atoms with Crippen molar-refractivity contribution in [3.63, 3.8) is 0 Å². The summed E-state index contributed by atoms with van der Waals surface area (Å²) in [6.07, 6.45) is 1.99. The van der Waals surface area contributed by atoms with Crippen LogP contribution in [0.2, 0.25) is 5.02 Å². The summed E-state index contributed by atoms with van der Waals surface area (Å²) < 4.78 is 1.99. The molecule has 0 spiro atoms. The Balaban J connectivity index is 1.57. The van der Waals surface area contributed by atoms with E-state index in [1.54, 1.807) is 0 Å². The minimum Gasteiger partial charge on any atom is -0.325 e. The fourth-order valence-electron chi connectivity index (χ4n) is 3.20. The van der Waals surface area contributed by atoms with Crippen LogP contribution in [-0.4, -0.2) is 21.2 Å². The van der Waals surface area contributed by atoms with Crippen LogP contribution in [0.4, 0.5) is 5.69 Å². The number of aryl methyl sites for hydroxylation is 1. The number of halogens is 1. The van der Waals surface area contributed by atoms with Gasteiger partial charge in [-0.2, -0.15) is 0 Å². The molecule has 6 heteroatoms. The maximum absolute atomic E-state index is 12.6. The zero-order valence-electron chi connectivity index (χ0n) is 17.3. The number of carbonyl (C=O) groups excluding carboxylic acids is 1. The second-order valence-corrected chi connectivity index (χ2v) is 8.58. The second-order valence-electron chi connectivity index (χ2n) is 7.21. The Kier molecular flexibility index (Phi) is 6.44. The van der Waals surface area contributed by atoms with Crippen molar-refractivity contribution in [2.24, 2.45) is 0 Å². The second kappa shape index (κ2) is 9.41. The Bertz CT molecular complexity index is 1200. The van der Waals surface area contributed by atoms with E-state index in [2.05, 4.69) is 5.32 Å². The molecule has 1 aromatic heterocycles. The van der Waals surface area contributed by atoms with Crippen molar-refractivity contribution >= 4 is 35.0 Å². The van der Waals surface area contributed by atoms with E-state index in [1.165, 1.54) is 11.8 Å². The molecule has 0 saturated heterocycles. The van der Waals surface area contributed by atoms with Crippen LogP contribution in [-0.2, 0) is 4.79 Å². The smallest absolute Gasteiger partial charge is 0.234 e. The predicted molar refractivity (Wildman–Crippen MR) is 129 cm³/mol. The Labute approximate surface area is 191 Å². The first-order chi connectivity index (χ1) is 15.0. The first-order valence-corrected chi connectivity index (χ1v) is 11.3. The summed E-state index contributed by atoms with van der Waals surface area (Å²) in [7, 11) is 0. The van der Waals surface area contributed by atoms with Gasteiger partial charge in [0.2, 0.25) is 5.91 Å². The van der Waals surface area contributed by atoms with Crippen LogP contribution in [0.1, 0.15) is 11.1 Å². The van der Waals surface area contributed by atoms with Gasteiger partial charge in [0.05, 0.1) is 11.4 Å². The van der Waals surface area contributed by atoms with Crippen LogP contribution in [0.5, 0.6) is 0 Å². The molecule has 0 aliphatic carbocycles. The molecule has 3 aromatic carbocycles. The lowest BCUT2D eigenvalue weighted by atomic mass is 10.1. The Morgan fingerprint density at radius 3 is 2.48 bits per heavy atom. The van der Waals surface area contributed by atoms with Crippen LogP contribution in [0.25, 0.3) is 16.9 Å². The number of hydrogen-bond donors (Lipinski definition) is 1. The Morgan fingerprint density at radius 1 is 1.00 bits per heavy atom. The highest BCUT2D eigenvalue weighted by Gasteiger charge is 2.14. The molecule has 1 heterocycles. The number of imidazole rings is 1. The number of hydrogen-bond acceptors (Lipinski definition) is 3. The van der Waals surface area contributed by atoms with Gasteiger partial charge in [0.1, 0.15) is 0 Å². The quantitative estimate of drug-likeness (QED) is 0.341. The van der Waals surface area contributed by atoms with Crippen molar-refractivity contribution < 1.29 is 4.79 Å². The first-order valence-electron chi connectivity index (χ1n) is 9.91. The number of benzene rings is 3. The standard InChI is InChI=1S/C25H22ClN3OS/c1-17-7-6-10-22(18(17)2)27-24(30)16-31-25-28-23(19-8-4-3-5-9-19)15-29(25)21-13-11-20(26)12-14-21/h3-15H,16H2,1-2H3,(H,27,30). The molecule has 31 heavy (non-hydrogen) atoms. The number of nitrogens with zero attached hydrogens (tertiary/aromatic N) is 2. The Morgan fingerprint density at radius 2 is 1.74 bits per heavy atom. The number of nitrogens with one attached hydrogen (secondary N) is 1. The molecule has 0 fully saturated rings. The van der Waals surface area contributed by atoms with Gasteiger partial charge in [-0.1, -0.05) is 65.8 Å². The monoisotopic (exact) mass is 447 g/mol. The molecule has 4 aromatic rings. The molecule has 0 aliphatic rings. The minimum absolute atomic E-state index is 0.0642. The van der Waals surface area contributed by atoms with Gasteiger partial charge in [0.15, 0.2) is 5.16 Å². The van der Waals surface area contributed by atoms with E-state index in [-0.39, 0.29) is 11.7 Å². The third kappa shape index (κ3) is 5.01. The van der Waals surface area contributed by atoms with Gasteiger partial charge in [0, 0.05) is 28.2 Å². The van der Waals surface area contributed by atoms with E-state index < -0.39 is 0 Å². The van der Waals surface area contributed by atoms with Crippen LogP contribution in [0.15, 0.2) is 84.1 Å². The van der Waals surface area contributed by atoms with Crippen molar-refractivity contribution in [2.45, 2.75) is 19.0 Å². The van der Waals surface area contributed by atoms with E-state index in [1.807, 2.05) is 97.4 Å². The van der Waals surface area contributed by atoms with Gasteiger partial charge in [-0.05, 0) is 55.3 Å². The molecule has 1 amide bonds. The molecule has 0 saturated carbocycles. The zero-order chi connectivity index (χ0) is 21.8. The van der Waals surface area contributed by atoms with E-state index in [0.717, 1.165) is 38.9 Å². The van der Waals surface area contributed by atoms with Crippen molar-refractivity contribution in [1.29, 1.82) is 0 Å². The number of rotatable bonds is 6. The van der Waals surface area contributed by atoms with E-state index in [9.17, 15) is 4.79 Å². The molecule has 0 radical (unpaired) electrons. The molecule has 156 valence electrons. The maximum Gasteiger partial charge on any atom is 0.234 e. The van der Waals surface area contributed by atoms with E-state index in [0.29, 0.717) is 5.02 Å². The zero-order valence-corrected chi connectivity index (χ0v) is 18.9. The summed E-state index contributed by atoms with van der Waals surface area (Å²) in [5.41, 5.74) is 5.89. The van der Waals surface area contributed by atoms with E-state index in [4.69, 9.17) is 16.6 Å². The van der Waals surface area contributed by atoms with Crippen LogP contribution >= 0.6 is 23.4 Å². The highest BCUT2D eigenvalue weighted by atomic mass is 35.5. The third-order valence-corrected chi connectivity index (χ3v) is 6.26.